The first-order chi connectivity index (χ1) is 9.11. The Labute approximate surface area is 123 Å². The van der Waals surface area contributed by atoms with Gasteiger partial charge in [0.2, 0.25) is 0 Å². The van der Waals surface area contributed by atoms with Crippen LogP contribution in [0.25, 0.3) is 0 Å². The van der Waals surface area contributed by atoms with Gasteiger partial charge in [-0.15, -0.1) is 0 Å². The number of aromatic nitrogens is 1. The summed E-state index contributed by atoms with van der Waals surface area (Å²) < 4.78 is 0. The number of halogens is 2. The molecule has 0 bridgehead atoms. The number of likely N-dealkylation sites (tertiary alicyclic amines) is 1. The predicted molar refractivity (Wildman–Crippen MR) is 76.9 cm³/mol. The summed E-state index contributed by atoms with van der Waals surface area (Å²) in [6.45, 7) is 4.91. The number of amides is 1. The van der Waals surface area contributed by atoms with E-state index in [1.807, 2.05) is 0 Å². The van der Waals surface area contributed by atoms with Gasteiger partial charge in [-0.1, -0.05) is 30.1 Å². The standard InChI is InChI=1S/C13H17Cl2N3O/c1-2-18-5-3-4-9(18)7-17-13(19)10-6-12(15)16-8-11(10)14/h6,8-9H,2-5,7H2,1H3,(H,17,19). The normalized spacial score (nSPS) is 19.6. The van der Waals surface area contributed by atoms with Crippen LogP contribution in [-0.4, -0.2) is 41.5 Å². The first-order valence-electron chi connectivity index (χ1n) is 6.45. The lowest BCUT2D eigenvalue weighted by Gasteiger charge is -2.22. The number of rotatable bonds is 4. The van der Waals surface area contributed by atoms with Crippen LogP contribution in [0.4, 0.5) is 0 Å². The van der Waals surface area contributed by atoms with Gasteiger partial charge in [0.25, 0.3) is 5.91 Å². The van der Waals surface area contributed by atoms with Gasteiger partial charge in [-0.25, -0.2) is 4.98 Å². The average Bonchev–Trinajstić information content (AvgIpc) is 2.86. The summed E-state index contributed by atoms with van der Waals surface area (Å²) in [5.74, 6) is -0.197. The molecule has 0 aromatic carbocycles. The van der Waals surface area contributed by atoms with Crippen molar-refractivity contribution in [2.75, 3.05) is 19.6 Å². The minimum Gasteiger partial charge on any atom is -0.350 e. The zero-order valence-electron chi connectivity index (χ0n) is 10.8. The minimum absolute atomic E-state index is 0.197. The maximum absolute atomic E-state index is 12.1. The van der Waals surface area contributed by atoms with Crippen molar-refractivity contribution in [1.82, 2.24) is 15.2 Å². The second-order valence-electron chi connectivity index (χ2n) is 4.62. The quantitative estimate of drug-likeness (QED) is 0.870. The van der Waals surface area contributed by atoms with Crippen LogP contribution >= 0.6 is 23.2 Å². The fourth-order valence-electron chi connectivity index (χ4n) is 2.44. The molecule has 0 saturated carbocycles. The topological polar surface area (TPSA) is 45.2 Å². The predicted octanol–water partition coefficient (Wildman–Crippen LogP) is 2.60. The largest absolute Gasteiger partial charge is 0.350 e. The van der Waals surface area contributed by atoms with Gasteiger partial charge in [0.15, 0.2) is 0 Å². The van der Waals surface area contributed by atoms with E-state index in [2.05, 4.69) is 22.1 Å². The maximum atomic E-state index is 12.1. The molecular weight excluding hydrogens is 285 g/mol. The Bertz CT molecular complexity index is 467. The zero-order valence-corrected chi connectivity index (χ0v) is 12.3. The van der Waals surface area contributed by atoms with Gasteiger partial charge in [-0.05, 0) is 32.0 Å². The molecule has 6 heteroatoms. The summed E-state index contributed by atoms with van der Waals surface area (Å²) in [4.78, 5) is 18.3. The zero-order chi connectivity index (χ0) is 13.8. The molecule has 4 nitrogen and oxygen atoms in total. The highest BCUT2D eigenvalue weighted by atomic mass is 35.5. The summed E-state index contributed by atoms with van der Waals surface area (Å²) >= 11 is 11.7. The Morgan fingerprint density at radius 1 is 1.58 bits per heavy atom. The van der Waals surface area contributed by atoms with Gasteiger partial charge in [0.05, 0.1) is 10.6 Å². The van der Waals surface area contributed by atoms with Crippen molar-refractivity contribution in [2.24, 2.45) is 0 Å². The summed E-state index contributed by atoms with van der Waals surface area (Å²) in [5.41, 5.74) is 0.378. The second kappa shape index (κ2) is 6.55. The molecule has 1 aromatic rings. The number of carbonyl (C=O) groups excluding carboxylic acids is 1. The summed E-state index contributed by atoms with van der Waals surface area (Å²) in [6.07, 6.45) is 3.71. The third-order valence-electron chi connectivity index (χ3n) is 3.47. The van der Waals surface area contributed by atoms with Gasteiger partial charge in [-0.2, -0.15) is 0 Å². The van der Waals surface area contributed by atoms with Crippen molar-refractivity contribution in [2.45, 2.75) is 25.8 Å². The molecule has 1 aromatic heterocycles. The molecule has 0 radical (unpaired) electrons. The first-order valence-corrected chi connectivity index (χ1v) is 7.20. The number of pyridine rings is 1. The van der Waals surface area contributed by atoms with Gasteiger partial charge in [-0.3, -0.25) is 9.69 Å². The van der Waals surface area contributed by atoms with E-state index in [1.54, 1.807) is 0 Å². The highest BCUT2D eigenvalue weighted by Gasteiger charge is 2.23. The lowest BCUT2D eigenvalue weighted by atomic mass is 10.2. The van der Waals surface area contributed by atoms with E-state index in [9.17, 15) is 4.79 Å². The molecule has 1 atom stereocenters. The van der Waals surface area contributed by atoms with Gasteiger partial charge in [0.1, 0.15) is 5.15 Å². The SMILES string of the molecule is CCN1CCCC1CNC(=O)c1cc(Cl)ncc1Cl. The molecule has 1 amide bonds. The maximum Gasteiger partial charge on any atom is 0.253 e. The number of carbonyl (C=O) groups is 1. The molecule has 2 heterocycles. The molecule has 1 fully saturated rings. The summed E-state index contributed by atoms with van der Waals surface area (Å²) in [7, 11) is 0. The van der Waals surface area contributed by atoms with E-state index in [4.69, 9.17) is 23.2 Å². The van der Waals surface area contributed by atoms with Crippen LogP contribution in [0, 0.1) is 0 Å². The third kappa shape index (κ3) is 3.59. The monoisotopic (exact) mass is 301 g/mol. The number of nitrogens with zero attached hydrogens (tertiary/aromatic N) is 2. The minimum atomic E-state index is -0.197. The van der Waals surface area contributed by atoms with Crippen molar-refractivity contribution in [3.8, 4) is 0 Å². The molecule has 1 aliphatic heterocycles. The average molecular weight is 302 g/mol. The fraction of sp³-hybridized carbons (Fsp3) is 0.538. The van der Waals surface area contributed by atoms with E-state index < -0.39 is 0 Å². The first kappa shape index (κ1) is 14.6. The fourth-order valence-corrected chi connectivity index (χ4v) is 2.78. The molecular formula is C13H17Cl2N3O. The number of hydrogen-bond donors (Lipinski definition) is 1. The van der Waals surface area contributed by atoms with Crippen LogP contribution in [0.15, 0.2) is 12.3 Å². The van der Waals surface area contributed by atoms with E-state index in [1.165, 1.54) is 18.7 Å². The van der Waals surface area contributed by atoms with Crippen molar-refractivity contribution >= 4 is 29.1 Å². The van der Waals surface area contributed by atoms with Crippen molar-refractivity contribution in [3.05, 3.63) is 28.0 Å². The van der Waals surface area contributed by atoms with E-state index in [0.717, 1.165) is 19.5 Å². The highest BCUT2D eigenvalue weighted by molar-refractivity contribution is 6.35. The number of nitrogens with one attached hydrogen (secondary N) is 1. The van der Waals surface area contributed by atoms with Crippen molar-refractivity contribution in [3.63, 3.8) is 0 Å². The molecule has 0 spiro atoms. The van der Waals surface area contributed by atoms with Gasteiger partial charge >= 0.3 is 0 Å². The number of hydrogen-bond acceptors (Lipinski definition) is 3. The summed E-state index contributed by atoms with van der Waals surface area (Å²) in [6, 6.07) is 1.91. The Morgan fingerprint density at radius 2 is 2.37 bits per heavy atom. The van der Waals surface area contributed by atoms with Crippen molar-refractivity contribution in [1.29, 1.82) is 0 Å². The van der Waals surface area contributed by atoms with Gasteiger partial charge < -0.3 is 5.32 Å². The molecule has 1 saturated heterocycles. The molecule has 2 rings (SSSR count). The van der Waals surface area contributed by atoms with E-state index in [-0.39, 0.29) is 11.1 Å². The van der Waals surface area contributed by atoms with Crippen LogP contribution in [0.3, 0.4) is 0 Å². The molecule has 0 aliphatic carbocycles. The Balaban J connectivity index is 1.96. The molecule has 1 N–H and O–H groups in total. The number of likely N-dealkylation sites (N-methyl/N-ethyl adjacent to an activating group) is 1. The van der Waals surface area contributed by atoms with E-state index >= 15 is 0 Å². The Morgan fingerprint density at radius 3 is 3.11 bits per heavy atom. The lowest BCUT2D eigenvalue weighted by molar-refractivity contribution is 0.0941. The molecule has 1 aliphatic rings. The molecule has 1 unspecified atom stereocenters. The van der Waals surface area contributed by atoms with Crippen LogP contribution < -0.4 is 5.32 Å². The summed E-state index contributed by atoms with van der Waals surface area (Å²) in [5, 5.41) is 3.51. The van der Waals surface area contributed by atoms with Crippen molar-refractivity contribution < 1.29 is 4.79 Å². The van der Waals surface area contributed by atoms with Crippen LogP contribution in [0.5, 0.6) is 0 Å². The molecule has 19 heavy (non-hydrogen) atoms. The van der Waals surface area contributed by atoms with Crippen LogP contribution in [0.2, 0.25) is 10.2 Å². The van der Waals surface area contributed by atoms with Crippen LogP contribution in [0.1, 0.15) is 30.1 Å². The smallest absolute Gasteiger partial charge is 0.253 e. The lowest BCUT2D eigenvalue weighted by Crippen LogP contribution is -2.40. The Hall–Kier alpha value is -0.840. The van der Waals surface area contributed by atoms with E-state index in [0.29, 0.717) is 23.2 Å². The van der Waals surface area contributed by atoms with Crippen LogP contribution in [-0.2, 0) is 0 Å². The van der Waals surface area contributed by atoms with Gasteiger partial charge in [0, 0.05) is 18.8 Å². The highest BCUT2D eigenvalue weighted by Crippen LogP contribution is 2.19. The third-order valence-corrected chi connectivity index (χ3v) is 3.98. The second-order valence-corrected chi connectivity index (χ2v) is 5.42. The Kier molecular flexibility index (Phi) is 5.02. The molecule has 104 valence electrons.